The van der Waals surface area contributed by atoms with Gasteiger partial charge in [-0.05, 0) is 12.8 Å². The second-order valence-corrected chi connectivity index (χ2v) is 4.23. The molecular formula is C11H16FN3O. The molecule has 0 bridgehead atoms. The van der Waals surface area contributed by atoms with Crippen molar-refractivity contribution in [2.45, 2.75) is 37.8 Å². The fraction of sp³-hybridized carbons (Fsp3) is 0.636. The SMILES string of the molecule is CN(c1ncc(F)cn1)C1CCCCC1O. The predicted octanol–water partition coefficient (Wildman–Crippen LogP) is 1.36. The van der Waals surface area contributed by atoms with Gasteiger partial charge in [0.05, 0.1) is 24.5 Å². The number of aromatic nitrogens is 2. The van der Waals surface area contributed by atoms with Crippen LogP contribution in [0.5, 0.6) is 0 Å². The molecule has 5 heteroatoms. The predicted molar refractivity (Wildman–Crippen MR) is 58.7 cm³/mol. The Balaban J connectivity index is 2.11. The minimum atomic E-state index is -0.443. The molecule has 0 aliphatic heterocycles. The summed E-state index contributed by atoms with van der Waals surface area (Å²) in [5.41, 5.74) is 0. The van der Waals surface area contributed by atoms with Gasteiger partial charge in [0.2, 0.25) is 5.95 Å². The summed E-state index contributed by atoms with van der Waals surface area (Å²) in [6.07, 6.45) is 5.87. The van der Waals surface area contributed by atoms with Crippen molar-refractivity contribution in [1.82, 2.24) is 9.97 Å². The molecule has 1 aromatic heterocycles. The Morgan fingerprint density at radius 3 is 2.56 bits per heavy atom. The van der Waals surface area contributed by atoms with Crippen molar-refractivity contribution in [2.75, 3.05) is 11.9 Å². The molecule has 2 atom stereocenters. The number of anilines is 1. The normalized spacial score (nSPS) is 25.4. The topological polar surface area (TPSA) is 49.2 Å². The van der Waals surface area contributed by atoms with Crippen molar-refractivity contribution in [3.8, 4) is 0 Å². The highest BCUT2D eigenvalue weighted by Crippen LogP contribution is 2.24. The molecule has 2 rings (SSSR count). The maximum atomic E-state index is 12.7. The fourth-order valence-electron chi connectivity index (χ4n) is 2.18. The van der Waals surface area contributed by atoms with Crippen LogP contribution in [-0.4, -0.2) is 34.3 Å². The Morgan fingerprint density at radius 2 is 1.94 bits per heavy atom. The maximum absolute atomic E-state index is 12.7. The molecule has 0 aromatic carbocycles. The standard InChI is InChI=1S/C11H16FN3O/c1-15(9-4-2-3-5-10(9)16)11-13-6-8(12)7-14-11/h6-7,9-10,16H,2-5H2,1H3. The molecule has 1 aliphatic rings. The van der Waals surface area contributed by atoms with Crippen LogP contribution >= 0.6 is 0 Å². The maximum Gasteiger partial charge on any atom is 0.225 e. The lowest BCUT2D eigenvalue weighted by Crippen LogP contribution is -2.44. The molecule has 4 nitrogen and oxygen atoms in total. The molecule has 1 heterocycles. The van der Waals surface area contributed by atoms with Gasteiger partial charge in [-0.2, -0.15) is 0 Å². The summed E-state index contributed by atoms with van der Waals surface area (Å²) in [6.45, 7) is 0. The molecule has 1 fully saturated rings. The smallest absolute Gasteiger partial charge is 0.225 e. The Bertz CT molecular complexity index is 344. The van der Waals surface area contributed by atoms with E-state index in [1.165, 1.54) is 0 Å². The van der Waals surface area contributed by atoms with E-state index in [4.69, 9.17) is 0 Å². The number of halogens is 1. The Hall–Kier alpha value is -1.23. The highest BCUT2D eigenvalue weighted by atomic mass is 19.1. The number of aliphatic hydroxyl groups excluding tert-OH is 1. The molecule has 2 unspecified atom stereocenters. The first kappa shape index (κ1) is 11.3. The summed E-state index contributed by atoms with van der Waals surface area (Å²) >= 11 is 0. The van der Waals surface area contributed by atoms with Gasteiger partial charge >= 0.3 is 0 Å². The molecule has 0 radical (unpaired) electrons. The first-order chi connectivity index (χ1) is 7.68. The molecule has 1 N–H and O–H groups in total. The Labute approximate surface area is 94.1 Å². The van der Waals surface area contributed by atoms with Crippen molar-refractivity contribution in [2.24, 2.45) is 0 Å². The van der Waals surface area contributed by atoms with Gasteiger partial charge in [-0.3, -0.25) is 0 Å². The van der Waals surface area contributed by atoms with E-state index in [1.54, 1.807) is 0 Å². The largest absolute Gasteiger partial charge is 0.391 e. The van der Waals surface area contributed by atoms with Crippen molar-refractivity contribution >= 4 is 5.95 Å². The quantitative estimate of drug-likeness (QED) is 0.825. The van der Waals surface area contributed by atoms with Crippen molar-refractivity contribution in [1.29, 1.82) is 0 Å². The van der Waals surface area contributed by atoms with E-state index in [-0.39, 0.29) is 12.1 Å². The van der Waals surface area contributed by atoms with E-state index < -0.39 is 5.82 Å². The van der Waals surface area contributed by atoms with E-state index in [0.717, 1.165) is 38.1 Å². The number of rotatable bonds is 2. The summed E-state index contributed by atoms with van der Waals surface area (Å²) < 4.78 is 12.7. The third kappa shape index (κ3) is 2.29. The first-order valence-electron chi connectivity index (χ1n) is 5.57. The monoisotopic (exact) mass is 225 g/mol. The molecule has 1 aliphatic carbocycles. The molecular weight excluding hydrogens is 209 g/mol. The molecule has 0 saturated heterocycles. The fourth-order valence-corrected chi connectivity index (χ4v) is 2.18. The summed E-state index contributed by atoms with van der Waals surface area (Å²) in [7, 11) is 1.84. The second-order valence-electron chi connectivity index (χ2n) is 4.23. The van der Waals surface area contributed by atoms with Crippen LogP contribution in [0.4, 0.5) is 10.3 Å². The van der Waals surface area contributed by atoms with Crippen molar-refractivity contribution in [3.63, 3.8) is 0 Å². The van der Waals surface area contributed by atoms with E-state index in [0.29, 0.717) is 5.95 Å². The van der Waals surface area contributed by atoms with E-state index in [9.17, 15) is 9.50 Å². The van der Waals surface area contributed by atoms with Crippen LogP contribution < -0.4 is 4.90 Å². The lowest BCUT2D eigenvalue weighted by molar-refractivity contribution is 0.105. The van der Waals surface area contributed by atoms with Gasteiger partial charge in [0.1, 0.15) is 0 Å². The molecule has 0 amide bonds. The number of hydrogen-bond donors (Lipinski definition) is 1. The number of hydrogen-bond acceptors (Lipinski definition) is 4. The minimum Gasteiger partial charge on any atom is -0.391 e. The van der Waals surface area contributed by atoms with Gasteiger partial charge in [-0.25, -0.2) is 14.4 Å². The minimum absolute atomic E-state index is 0.0409. The van der Waals surface area contributed by atoms with Crippen LogP contribution in [0.25, 0.3) is 0 Å². The number of aliphatic hydroxyl groups is 1. The van der Waals surface area contributed by atoms with Crippen LogP contribution in [0.2, 0.25) is 0 Å². The average molecular weight is 225 g/mol. The lowest BCUT2D eigenvalue weighted by atomic mass is 9.92. The summed E-state index contributed by atoms with van der Waals surface area (Å²) in [4.78, 5) is 9.67. The lowest BCUT2D eigenvalue weighted by Gasteiger charge is -2.35. The van der Waals surface area contributed by atoms with Crippen LogP contribution in [0, 0.1) is 5.82 Å². The average Bonchev–Trinajstić information content (AvgIpc) is 2.30. The number of nitrogens with zero attached hydrogens (tertiary/aromatic N) is 3. The third-order valence-electron chi connectivity index (χ3n) is 3.11. The Kier molecular flexibility index (Phi) is 3.33. The zero-order chi connectivity index (χ0) is 11.5. The van der Waals surface area contributed by atoms with Gasteiger partial charge in [0.25, 0.3) is 0 Å². The Morgan fingerprint density at radius 1 is 1.31 bits per heavy atom. The zero-order valence-electron chi connectivity index (χ0n) is 9.30. The zero-order valence-corrected chi connectivity index (χ0v) is 9.30. The van der Waals surface area contributed by atoms with Gasteiger partial charge in [0.15, 0.2) is 5.82 Å². The van der Waals surface area contributed by atoms with Crippen LogP contribution in [0.1, 0.15) is 25.7 Å². The van der Waals surface area contributed by atoms with Gasteiger partial charge < -0.3 is 10.0 Å². The molecule has 16 heavy (non-hydrogen) atoms. The van der Waals surface area contributed by atoms with Crippen LogP contribution in [0.3, 0.4) is 0 Å². The molecule has 1 aromatic rings. The van der Waals surface area contributed by atoms with Crippen LogP contribution in [0.15, 0.2) is 12.4 Å². The van der Waals surface area contributed by atoms with E-state index in [1.807, 2.05) is 11.9 Å². The van der Waals surface area contributed by atoms with Gasteiger partial charge in [0, 0.05) is 7.05 Å². The van der Waals surface area contributed by atoms with E-state index in [2.05, 4.69) is 9.97 Å². The van der Waals surface area contributed by atoms with Crippen molar-refractivity contribution < 1.29 is 9.50 Å². The first-order valence-corrected chi connectivity index (χ1v) is 5.57. The van der Waals surface area contributed by atoms with Crippen molar-refractivity contribution in [3.05, 3.63) is 18.2 Å². The third-order valence-corrected chi connectivity index (χ3v) is 3.11. The second kappa shape index (κ2) is 4.74. The van der Waals surface area contributed by atoms with Gasteiger partial charge in [-0.15, -0.1) is 0 Å². The molecule has 1 saturated carbocycles. The molecule has 0 spiro atoms. The summed E-state index contributed by atoms with van der Waals surface area (Å²) in [6, 6.07) is 0.0409. The van der Waals surface area contributed by atoms with Gasteiger partial charge in [-0.1, -0.05) is 12.8 Å². The number of likely N-dealkylation sites (N-methyl/N-ethyl adjacent to an activating group) is 1. The highest BCUT2D eigenvalue weighted by molar-refractivity contribution is 5.29. The van der Waals surface area contributed by atoms with E-state index >= 15 is 0 Å². The van der Waals surface area contributed by atoms with Crippen LogP contribution in [-0.2, 0) is 0 Å². The summed E-state index contributed by atoms with van der Waals surface area (Å²) in [5, 5.41) is 9.88. The highest BCUT2D eigenvalue weighted by Gasteiger charge is 2.27. The molecule has 88 valence electrons. The summed E-state index contributed by atoms with van der Waals surface area (Å²) in [5.74, 6) is 0.0219.